The number of fused-ring (bicyclic) bond motifs is 1. The Morgan fingerprint density at radius 1 is 0.882 bits per heavy atom. The van der Waals surface area contributed by atoms with E-state index in [2.05, 4.69) is 4.99 Å². The van der Waals surface area contributed by atoms with E-state index in [0.717, 1.165) is 22.6 Å². The van der Waals surface area contributed by atoms with Crippen molar-refractivity contribution < 1.29 is 22.8 Å². The highest BCUT2D eigenvalue weighted by molar-refractivity contribution is 6.21. The first-order valence-corrected chi connectivity index (χ1v) is 10.5. The number of rotatable bonds is 6. The summed E-state index contributed by atoms with van der Waals surface area (Å²) in [5, 5.41) is 9.66. The van der Waals surface area contributed by atoms with Gasteiger partial charge in [0.25, 0.3) is 11.8 Å². The summed E-state index contributed by atoms with van der Waals surface area (Å²) in [6, 6.07) is 21.2. The molecule has 0 fully saturated rings. The van der Waals surface area contributed by atoms with E-state index in [4.69, 9.17) is 0 Å². The molecule has 0 bridgehead atoms. The van der Waals surface area contributed by atoms with Crippen LogP contribution in [0.3, 0.4) is 0 Å². The molecule has 1 aliphatic rings. The Bertz CT molecular complexity index is 1260. The summed E-state index contributed by atoms with van der Waals surface area (Å²) in [5.74, 6) is -0.778. The molecule has 1 aliphatic heterocycles. The second-order valence-corrected chi connectivity index (χ2v) is 7.69. The van der Waals surface area contributed by atoms with Crippen molar-refractivity contribution in [2.75, 3.05) is 6.54 Å². The molecule has 2 amide bonds. The van der Waals surface area contributed by atoms with Gasteiger partial charge in [-0.2, -0.15) is 18.4 Å². The molecule has 0 aliphatic carbocycles. The molecular weight excluding hydrogens is 443 g/mol. The normalized spacial score (nSPS) is 14.6. The zero-order valence-corrected chi connectivity index (χ0v) is 17.8. The number of benzene rings is 3. The number of aliphatic imine (C=N–C) groups is 1. The molecule has 1 heterocycles. The zero-order valence-electron chi connectivity index (χ0n) is 17.8. The third-order valence-electron chi connectivity index (χ3n) is 5.57. The Morgan fingerprint density at radius 3 is 1.97 bits per heavy atom. The molecular formula is C26H18F3N3O2. The Labute approximate surface area is 193 Å². The minimum atomic E-state index is -4.48. The van der Waals surface area contributed by atoms with E-state index < -0.39 is 17.8 Å². The molecule has 5 nitrogen and oxygen atoms in total. The lowest BCUT2D eigenvalue weighted by Gasteiger charge is -2.19. The number of halogens is 3. The predicted octanol–water partition coefficient (Wildman–Crippen LogP) is 5.45. The second kappa shape index (κ2) is 9.32. The molecule has 0 saturated carbocycles. The van der Waals surface area contributed by atoms with Gasteiger partial charge in [0.1, 0.15) is 11.8 Å². The quantitative estimate of drug-likeness (QED) is 0.362. The van der Waals surface area contributed by atoms with Gasteiger partial charge in [0.2, 0.25) is 0 Å². The summed E-state index contributed by atoms with van der Waals surface area (Å²) >= 11 is 0. The SMILES string of the molecule is N#CC(=N[C@H](CCN1C(=O)c2ccccc2C1=O)c1ccccc1)c1ccc(C(F)(F)F)cc1. The van der Waals surface area contributed by atoms with Crippen molar-refractivity contribution in [1.29, 1.82) is 5.26 Å². The molecule has 4 rings (SSSR count). The lowest BCUT2D eigenvalue weighted by Crippen LogP contribution is -2.31. The molecule has 3 aromatic carbocycles. The lowest BCUT2D eigenvalue weighted by atomic mass is 10.0. The zero-order chi connectivity index (χ0) is 24.3. The van der Waals surface area contributed by atoms with E-state index in [0.29, 0.717) is 11.1 Å². The number of nitrogens with zero attached hydrogens (tertiary/aromatic N) is 3. The van der Waals surface area contributed by atoms with Gasteiger partial charge in [-0.25, -0.2) is 0 Å². The van der Waals surface area contributed by atoms with Gasteiger partial charge in [0, 0.05) is 12.1 Å². The number of carbonyl (C=O) groups excluding carboxylic acids is 2. The van der Waals surface area contributed by atoms with Gasteiger partial charge < -0.3 is 0 Å². The predicted molar refractivity (Wildman–Crippen MR) is 119 cm³/mol. The highest BCUT2D eigenvalue weighted by Gasteiger charge is 2.35. The number of nitriles is 1. The number of amides is 2. The maximum Gasteiger partial charge on any atom is 0.416 e. The molecule has 0 saturated heterocycles. The molecule has 0 spiro atoms. The topological polar surface area (TPSA) is 73.5 Å². The minimum absolute atomic E-state index is 0.0371. The average molecular weight is 461 g/mol. The molecule has 0 aromatic heterocycles. The van der Waals surface area contributed by atoms with Crippen molar-refractivity contribution in [1.82, 2.24) is 4.90 Å². The Balaban J connectivity index is 1.61. The van der Waals surface area contributed by atoms with E-state index in [1.54, 1.807) is 48.5 Å². The molecule has 0 N–H and O–H groups in total. The van der Waals surface area contributed by atoms with Gasteiger partial charge >= 0.3 is 6.18 Å². The second-order valence-electron chi connectivity index (χ2n) is 7.69. The summed E-state index contributed by atoms with van der Waals surface area (Å²) in [4.78, 5) is 31.1. The molecule has 0 radical (unpaired) electrons. The smallest absolute Gasteiger partial charge is 0.274 e. The van der Waals surface area contributed by atoms with Crippen molar-refractivity contribution in [2.24, 2.45) is 4.99 Å². The van der Waals surface area contributed by atoms with Crippen LogP contribution >= 0.6 is 0 Å². The van der Waals surface area contributed by atoms with Crippen molar-refractivity contribution in [3.63, 3.8) is 0 Å². The van der Waals surface area contributed by atoms with Crippen molar-refractivity contribution in [2.45, 2.75) is 18.6 Å². The molecule has 0 unspecified atom stereocenters. The standard InChI is InChI=1S/C26H18F3N3O2/c27-26(28,29)19-12-10-18(11-13-19)23(16-30)31-22(17-6-2-1-3-7-17)14-15-32-24(33)20-8-4-5-9-21(20)25(32)34/h1-13,22H,14-15H2/t22-/m1/s1. The number of alkyl halides is 3. The van der Waals surface area contributed by atoms with Gasteiger partial charge in [0.05, 0.1) is 22.7 Å². The van der Waals surface area contributed by atoms with Crippen LogP contribution in [0, 0.1) is 11.3 Å². The third kappa shape index (κ3) is 4.59. The van der Waals surface area contributed by atoms with E-state index >= 15 is 0 Å². The monoisotopic (exact) mass is 461 g/mol. The first kappa shape index (κ1) is 22.9. The summed E-state index contributed by atoms with van der Waals surface area (Å²) < 4.78 is 38.7. The van der Waals surface area contributed by atoms with Crippen LogP contribution in [0.1, 0.15) is 49.9 Å². The van der Waals surface area contributed by atoms with E-state index in [1.165, 1.54) is 12.1 Å². The maximum absolute atomic E-state index is 12.9. The van der Waals surface area contributed by atoms with Crippen LogP contribution in [-0.4, -0.2) is 29.0 Å². The van der Waals surface area contributed by atoms with Gasteiger partial charge in [-0.3, -0.25) is 19.5 Å². The largest absolute Gasteiger partial charge is 0.416 e. The number of imide groups is 1. The van der Waals surface area contributed by atoms with Crippen LogP contribution in [0.2, 0.25) is 0 Å². The van der Waals surface area contributed by atoms with Crippen LogP contribution in [0.5, 0.6) is 0 Å². The van der Waals surface area contributed by atoms with Gasteiger partial charge in [-0.05, 0) is 36.2 Å². The Morgan fingerprint density at radius 2 is 1.44 bits per heavy atom. The fraction of sp³-hybridized carbons (Fsp3) is 0.154. The number of carbonyl (C=O) groups is 2. The van der Waals surface area contributed by atoms with Crippen LogP contribution < -0.4 is 0 Å². The number of hydrogen-bond donors (Lipinski definition) is 0. The molecule has 170 valence electrons. The maximum atomic E-state index is 12.9. The van der Waals surface area contributed by atoms with E-state index in [1.807, 2.05) is 12.1 Å². The summed E-state index contributed by atoms with van der Waals surface area (Å²) in [6.45, 7) is 0.0706. The molecule has 1 atom stereocenters. The van der Waals surface area contributed by atoms with E-state index in [9.17, 15) is 28.0 Å². The lowest BCUT2D eigenvalue weighted by molar-refractivity contribution is -0.137. The van der Waals surface area contributed by atoms with Crippen LogP contribution in [0.4, 0.5) is 13.2 Å². The summed E-state index contributed by atoms with van der Waals surface area (Å²) in [7, 11) is 0. The summed E-state index contributed by atoms with van der Waals surface area (Å²) in [6.07, 6.45) is -4.25. The number of hydrogen-bond acceptors (Lipinski definition) is 4. The highest BCUT2D eigenvalue weighted by atomic mass is 19.4. The van der Waals surface area contributed by atoms with Gasteiger partial charge in [0.15, 0.2) is 0 Å². The molecule has 34 heavy (non-hydrogen) atoms. The minimum Gasteiger partial charge on any atom is -0.274 e. The third-order valence-corrected chi connectivity index (χ3v) is 5.57. The Kier molecular flexibility index (Phi) is 6.28. The average Bonchev–Trinajstić information content (AvgIpc) is 3.09. The van der Waals surface area contributed by atoms with Crippen molar-refractivity contribution >= 4 is 17.5 Å². The molecule has 8 heteroatoms. The van der Waals surface area contributed by atoms with Crippen molar-refractivity contribution in [3.8, 4) is 6.07 Å². The van der Waals surface area contributed by atoms with Crippen LogP contribution in [-0.2, 0) is 6.18 Å². The van der Waals surface area contributed by atoms with Crippen LogP contribution in [0.25, 0.3) is 0 Å². The highest BCUT2D eigenvalue weighted by Crippen LogP contribution is 2.30. The first-order chi connectivity index (χ1) is 16.3. The fourth-order valence-corrected chi connectivity index (χ4v) is 3.82. The summed E-state index contributed by atoms with van der Waals surface area (Å²) in [5.41, 5.74) is 0.823. The first-order valence-electron chi connectivity index (χ1n) is 10.5. The van der Waals surface area contributed by atoms with E-state index in [-0.39, 0.29) is 36.1 Å². The fourth-order valence-electron chi connectivity index (χ4n) is 3.82. The van der Waals surface area contributed by atoms with Gasteiger partial charge in [-0.15, -0.1) is 0 Å². The van der Waals surface area contributed by atoms with Gasteiger partial charge in [-0.1, -0.05) is 54.6 Å². The van der Waals surface area contributed by atoms with Crippen LogP contribution in [0.15, 0.2) is 83.9 Å². The molecule has 3 aromatic rings. The Hall–Kier alpha value is -4.25. The van der Waals surface area contributed by atoms with Crippen molar-refractivity contribution in [3.05, 3.63) is 107 Å².